The van der Waals surface area contributed by atoms with Gasteiger partial charge in [0.2, 0.25) is 0 Å². The standard InChI is InChI=1S/C19H20O2/c1-4-14-6-8-16(9-7-14)19(3,20)18-12-15-11-13(2)5-10-17(15)21-18/h5-12,20H,4H2,1-3H3. The van der Waals surface area contributed by atoms with Gasteiger partial charge in [0.1, 0.15) is 16.9 Å². The summed E-state index contributed by atoms with van der Waals surface area (Å²) in [6.07, 6.45) is 0.992. The minimum atomic E-state index is -1.13. The van der Waals surface area contributed by atoms with Crippen molar-refractivity contribution in [3.05, 3.63) is 71.0 Å². The van der Waals surface area contributed by atoms with Crippen LogP contribution in [0.15, 0.2) is 52.9 Å². The first-order chi connectivity index (χ1) is 10.0. The van der Waals surface area contributed by atoms with Crippen molar-refractivity contribution in [2.24, 2.45) is 0 Å². The lowest BCUT2D eigenvalue weighted by Gasteiger charge is -2.21. The van der Waals surface area contributed by atoms with Crippen molar-refractivity contribution >= 4 is 11.0 Å². The van der Waals surface area contributed by atoms with Gasteiger partial charge in [-0.05, 0) is 49.6 Å². The summed E-state index contributed by atoms with van der Waals surface area (Å²) in [5.74, 6) is 0.576. The molecule has 3 aromatic rings. The molecule has 0 saturated carbocycles. The van der Waals surface area contributed by atoms with Crippen molar-refractivity contribution < 1.29 is 9.52 Å². The second-order valence-electron chi connectivity index (χ2n) is 5.77. The van der Waals surface area contributed by atoms with Gasteiger partial charge in [0.15, 0.2) is 0 Å². The molecular weight excluding hydrogens is 260 g/mol. The first kappa shape index (κ1) is 13.9. The van der Waals surface area contributed by atoms with E-state index in [0.29, 0.717) is 5.76 Å². The Bertz CT molecular complexity index is 764. The molecule has 2 aromatic carbocycles. The van der Waals surface area contributed by atoms with E-state index in [1.165, 1.54) is 11.1 Å². The summed E-state index contributed by atoms with van der Waals surface area (Å²) in [4.78, 5) is 0. The van der Waals surface area contributed by atoms with Crippen LogP contribution in [0, 0.1) is 6.92 Å². The monoisotopic (exact) mass is 280 g/mol. The van der Waals surface area contributed by atoms with Gasteiger partial charge in [-0.1, -0.05) is 42.8 Å². The van der Waals surface area contributed by atoms with Gasteiger partial charge >= 0.3 is 0 Å². The van der Waals surface area contributed by atoms with E-state index < -0.39 is 5.60 Å². The van der Waals surface area contributed by atoms with Crippen LogP contribution in [0.5, 0.6) is 0 Å². The van der Waals surface area contributed by atoms with Crippen molar-refractivity contribution in [3.8, 4) is 0 Å². The zero-order valence-electron chi connectivity index (χ0n) is 12.7. The van der Waals surface area contributed by atoms with Crippen molar-refractivity contribution in [2.45, 2.75) is 32.8 Å². The predicted octanol–water partition coefficient (Wildman–Crippen LogP) is 4.56. The summed E-state index contributed by atoms with van der Waals surface area (Å²) in [7, 11) is 0. The topological polar surface area (TPSA) is 33.4 Å². The molecule has 0 amide bonds. The summed E-state index contributed by atoms with van der Waals surface area (Å²) in [6.45, 7) is 5.95. The third-order valence-corrected chi connectivity index (χ3v) is 4.08. The zero-order chi connectivity index (χ0) is 15.0. The van der Waals surface area contributed by atoms with Gasteiger partial charge in [-0.15, -0.1) is 0 Å². The molecule has 3 rings (SSSR count). The highest BCUT2D eigenvalue weighted by Gasteiger charge is 2.29. The van der Waals surface area contributed by atoms with E-state index in [9.17, 15) is 5.11 Å². The molecular formula is C19H20O2. The summed E-state index contributed by atoms with van der Waals surface area (Å²) in [5.41, 5.74) is 2.97. The molecule has 21 heavy (non-hydrogen) atoms. The minimum absolute atomic E-state index is 0.576. The number of rotatable bonds is 3. The first-order valence-electron chi connectivity index (χ1n) is 7.33. The van der Waals surface area contributed by atoms with Gasteiger partial charge < -0.3 is 9.52 Å². The number of fused-ring (bicyclic) bond motifs is 1. The Morgan fingerprint density at radius 1 is 1.05 bits per heavy atom. The van der Waals surface area contributed by atoms with Gasteiger partial charge in [-0.2, -0.15) is 0 Å². The van der Waals surface area contributed by atoms with Crippen molar-refractivity contribution in [2.75, 3.05) is 0 Å². The van der Waals surface area contributed by atoms with Crippen LogP contribution in [0.25, 0.3) is 11.0 Å². The maximum Gasteiger partial charge on any atom is 0.144 e. The summed E-state index contributed by atoms with van der Waals surface area (Å²) >= 11 is 0. The Labute approximate surface area is 125 Å². The molecule has 0 aliphatic rings. The highest BCUT2D eigenvalue weighted by Crippen LogP contribution is 2.33. The summed E-state index contributed by atoms with van der Waals surface area (Å²) in [5, 5.41) is 11.9. The van der Waals surface area contributed by atoms with Gasteiger partial charge in [0.05, 0.1) is 0 Å². The van der Waals surface area contributed by atoms with Gasteiger partial charge in [-0.3, -0.25) is 0 Å². The highest BCUT2D eigenvalue weighted by atomic mass is 16.4. The Hall–Kier alpha value is -2.06. The van der Waals surface area contributed by atoms with Crippen LogP contribution in [-0.4, -0.2) is 5.11 Å². The van der Waals surface area contributed by atoms with Crippen LogP contribution >= 0.6 is 0 Å². The maximum absolute atomic E-state index is 10.9. The molecule has 1 aromatic heterocycles. The lowest BCUT2D eigenvalue weighted by Crippen LogP contribution is -2.21. The van der Waals surface area contributed by atoms with Crippen LogP contribution in [0.1, 0.15) is 36.3 Å². The molecule has 0 saturated heterocycles. The molecule has 1 heterocycles. The van der Waals surface area contributed by atoms with Crippen LogP contribution in [0.3, 0.4) is 0 Å². The Morgan fingerprint density at radius 2 is 1.76 bits per heavy atom. The SMILES string of the molecule is CCc1ccc(C(C)(O)c2cc3cc(C)ccc3o2)cc1. The van der Waals surface area contributed by atoms with E-state index in [1.807, 2.05) is 37.3 Å². The lowest BCUT2D eigenvalue weighted by molar-refractivity contribution is 0.0786. The molecule has 108 valence electrons. The minimum Gasteiger partial charge on any atom is -0.458 e. The molecule has 1 atom stereocenters. The largest absolute Gasteiger partial charge is 0.458 e. The van der Waals surface area contributed by atoms with E-state index in [2.05, 4.69) is 25.1 Å². The molecule has 0 aliphatic heterocycles. The van der Waals surface area contributed by atoms with Crippen LogP contribution < -0.4 is 0 Å². The molecule has 0 bridgehead atoms. The fourth-order valence-electron chi connectivity index (χ4n) is 2.61. The lowest BCUT2D eigenvalue weighted by atomic mass is 9.92. The molecule has 1 N–H and O–H groups in total. The Morgan fingerprint density at radius 3 is 2.43 bits per heavy atom. The summed E-state index contributed by atoms with van der Waals surface area (Å²) in [6, 6.07) is 16.0. The zero-order valence-corrected chi connectivity index (χ0v) is 12.7. The quantitative estimate of drug-likeness (QED) is 0.763. The number of hydrogen-bond acceptors (Lipinski definition) is 2. The van der Waals surface area contributed by atoms with Crippen LogP contribution in [-0.2, 0) is 12.0 Å². The van der Waals surface area contributed by atoms with Gasteiger partial charge in [-0.25, -0.2) is 0 Å². The second kappa shape index (κ2) is 5.05. The fraction of sp³-hybridized carbons (Fsp3) is 0.263. The summed E-state index contributed by atoms with van der Waals surface area (Å²) < 4.78 is 5.85. The Kier molecular flexibility index (Phi) is 3.34. The smallest absolute Gasteiger partial charge is 0.144 e. The van der Waals surface area contributed by atoms with Crippen LogP contribution in [0.4, 0.5) is 0 Å². The predicted molar refractivity (Wildman–Crippen MR) is 85.4 cm³/mol. The highest BCUT2D eigenvalue weighted by molar-refractivity contribution is 5.79. The third-order valence-electron chi connectivity index (χ3n) is 4.08. The number of aryl methyl sites for hydroxylation is 2. The van der Waals surface area contributed by atoms with E-state index in [0.717, 1.165) is 23.0 Å². The van der Waals surface area contributed by atoms with E-state index in [1.54, 1.807) is 6.92 Å². The molecule has 0 spiro atoms. The van der Waals surface area contributed by atoms with Crippen LogP contribution in [0.2, 0.25) is 0 Å². The Balaban J connectivity index is 2.05. The van der Waals surface area contributed by atoms with Crippen molar-refractivity contribution in [1.82, 2.24) is 0 Å². The van der Waals surface area contributed by atoms with E-state index >= 15 is 0 Å². The van der Waals surface area contributed by atoms with E-state index in [-0.39, 0.29) is 0 Å². The molecule has 2 nitrogen and oxygen atoms in total. The molecule has 2 heteroatoms. The van der Waals surface area contributed by atoms with Crippen molar-refractivity contribution in [3.63, 3.8) is 0 Å². The first-order valence-corrected chi connectivity index (χ1v) is 7.33. The van der Waals surface area contributed by atoms with Gasteiger partial charge in [0, 0.05) is 5.39 Å². The average molecular weight is 280 g/mol. The number of benzene rings is 2. The molecule has 1 unspecified atom stereocenters. The maximum atomic E-state index is 10.9. The fourth-order valence-corrected chi connectivity index (χ4v) is 2.61. The number of hydrogen-bond donors (Lipinski definition) is 1. The van der Waals surface area contributed by atoms with Gasteiger partial charge in [0.25, 0.3) is 0 Å². The third kappa shape index (κ3) is 2.47. The average Bonchev–Trinajstić information content (AvgIpc) is 2.91. The molecule has 0 radical (unpaired) electrons. The van der Waals surface area contributed by atoms with Crippen molar-refractivity contribution in [1.29, 1.82) is 0 Å². The van der Waals surface area contributed by atoms with E-state index in [4.69, 9.17) is 4.42 Å². The second-order valence-corrected chi connectivity index (χ2v) is 5.77. The molecule has 0 aliphatic carbocycles. The molecule has 0 fully saturated rings. The normalized spacial score (nSPS) is 14.3. The number of aliphatic hydroxyl groups is 1. The number of furan rings is 1.